The highest BCUT2D eigenvalue weighted by Crippen LogP contribution is 2.08. The van der Waals surface area contributed by atoms with Crippen LogP contribution in [0.2, 0.25) is 0 Å². The number of hydrogen-bond acceptors (Lipinski definition) is 3. The number of benzene rings is 1. The lowest BCUT2D eigenvalue weighted by atomic mass is 10.1. The van der Waals surface area contributed by atoms with Gasteiger partial charge in [0.05, 0.1) is 6.61 Å². The second-order valence-electron chi connectivity index (χ2n) is 5.96. The van der Waals surface area contributed by atoms with E-state index in [1.165, 1.54) is 0 Å². The van der Waals surface area contributed by atoms with Crippen molar-refractivity contribution < 1.29 is 9.90 Å². The molecule has 0 radical (unpaired) electrons. The normalized spacial score (nSPS) is 11.3. The van der Waals surface area contributed by atoms with Crippen molar-refractivity contribution >= 4 is 6.03 Å². The summed E-state index contributed by atoms with van der Waals surface area (Å²) in [5.41, 5.74) is 1.78. The van der Waals surface area contributed by atoms with E-state index in [4.69, 9.17) is 0 Å². The first-order valence-electron chi connectivity index (χ1n) is 7.90. The molecule has 0 bridgehead atoms. The Morgan fingerprint density at radius 3 is 2.23 bits per heavy atom. The lowest BCUT2D eigenvalue weighted by Crippen LogP contribution is -2.44. The largest absolute Gasteiger partial charge is 0.392 e. The second kappa shape index (κ2) is 9.43. The van der Waals surface area contributed by atoms with E-state index in [-0.39, 0.29) is 12.6 Å². The fraction of sp³-hybridized carbons (Fsp3) is 0.588. The van der Waals surface area contributed by atoms with Crippen LogP contribution in [-0.4, -0.2) is 41.2 Å². The number of carbonyl (C=O) groups is 1. The molecule has 5 heteroatoms. The zero-order chi connectivity index (χ0) is 16.5. The SMILES string of the molecule is CC(C)N(CCNC(=O)NCc1ccccc1CO)C(C)C. The number of aliphatic hydroxyl groups excluding tert-OH is 1. The van der Waals surface area contributed by atoms with E-state index in [9.17, 15) is 9.90 Å². The molecule has 0 aromatic heterocycles. The fourth-order valence-electron chi connectivity index (χ4n) is 2.53. The predicted octanol–water partition coefficient (Wildman–Crippen LogP) is 2.10. The van der Waals surface area contributed by atoms with Gasteiger partial charge < -0.3 is 15.7 Å². The first-order chi connectivity index (χ1) is 10.5. The third-order valence-electron chi connectivity index (χ3n) is 3.71. The summed E-state index contributed by atoms with van der Waals surface area (Å²) in [6.45, 7) is 10.5. The van der Waals surface area contributed by atoms with E-state index in [1.54, 1.807) is 0 Å². The topological polar surface area (TPSA) is 64.6 Å². The summed E-state index contributed by atoms with van der Waals surface area (Å²) in [6, 6.07) is 8.28. The zero-order valence-electron chi connectivity index (χ0n) is 14.1. The maximum absolute atomic E-state index is 11.8. The van der Waals surface area contributed by atoms with Crippen LogP contribution in [0.3, 0.4) is 0 Å². The van der Waals surface area contributed by atoms with Crippen molar-refractivity contribution in [3.63, 3.8) is 0 Å². The van der Waals surface area contributed by atoms with Gasteiger partial charge in [0.2, 0.25) is 0 Å². The number of hydrogen-bond donors (Lipinski definition) is 3. The van der Waals surface area contributed by atoms with Crippen LogP contribution in [0, 0.1) is 0 Å². The van der Waals surface area contributed by atoms with Gasteiger partial charge in [-0.15, -0.1) is 0 Å². The monoisotopic (exact) mass is 307 g/mol. The fourth-order valence-corrected chi connectivity index (χ4v) is 2.53. The summed E-state index contributed by atoms with van der Waals surface area (Å²) in [5.74, 6) is 0. The Kier molecular flexibility index (Phi) is 7.91. The molecule has 0 heterocycles. The molecule has 1 rings (SSSR count). The number of aliphatic hydroxyl groups is 1. The molecular weight excluding hydrogens is 278 g/mol. The van der Waals surface area contributed by atoms with Crippen LogP contribution < -0.4 is 10.6 Å². The molecule has 1 aromatic carbocycles. The molecule has 22 heavy (non-hydrogen) atoms. The highest BCUT2D eigenvalue weighted by atomic mass is 16.3. The molecule has 0 fully saturated rings. The van der Waals surface area contributed by atoms with Gasteiger partial charge in [0, 0.05) is 31.7 Å². The average Bonchev–Trinajstić information content (AvgIpc) is 2.48. The van der Waals surface area contributed by atoms with Gasteiger partial charge in [-0.3, -0.25) is 4.90 Å². The molecule has 124 valence electrons. The molecule has 0 aliphatic carbocycles. The zero-order valence-corrected chi connectivity index (χ0v) is 14.1. The van der Waals surface area contributed by atoms with Crippen LogP contribution in [0.15, 0.2) is 24.3 Å². The summed E-state index contributed by atoms with van der Waals surface area (Å²) in [6.07, 6.45) is 0. The highest BCUT2D eigenvalue weighted by molar-refractivity contribution is 5.73. The summed E-state index contributed by atoms with van der Waals surface area (Å²) >= 11 is 0. The summed E-state index contributed by atoms with van der Waals surface area (Å²) in [4.78, 5) is 14.2. The smallest absolute Gasteiger partial charge is 0.315 e. The van der Waals surface area contributed by atoms with Crippen LogP contribution in [-0.2, 0) is 13.2 Å². The number of nitrogens with one attached hydrogen (secondary N) is 2. The Bertz CT molecular complexity index is 453. The Labute approximate surface area is 133 Å². The number of nitrogens with zero attached hydrogens (tertiary/aromatic N) is 1. The van der Waals surface area contributed by atoms with Gasteiger partial charge in [0.25, 0.3) is 0 Å². The maximum Gasteiger partial charge on any atom is 0.315 e. The Balaban J connectivity index is 2.35. The summed E-state index contributed by atoms with van der Waals surface area (Å²) in [7, 11) is 0. The molecule has 3 N–H and O–H groups in total. The molecule has 0 atom stereocenters. The molecule has 0 saturated heterocycles. The van der Waals surface area contributed by atoms with Crippen LogP contribution in [0.1, 0.15) is 38.8 Å². The number of carbonyl (C=O) groups excluding carboxylic acids is 1. The Hall–Kier alpha value is -1.59. The third-order valence-corrected chi connectivity index (χ3v) is 3.71. The number of rotatable bonds is 8. The van der Waals surface area contributed by atoms with Gasteiger partial charge in [0.15, 0.2) is 0 Å². The van der Waals surface area contributed by atoms with Gasteiger partial charge in [-0.25, -0.2) is 4.79 Å². The lowest BCUT2D eigenvalue weighted by molar-refractivity contribution is 0.175. The number of amides is 2. The van der Waals surface area contributed by atoms with Crippen LogP contribution in [0.5, 0.6) is 0 Å². The van der Waals surface area contributed by atoms with E-state index >= 15 is 0 Å². The van der Waals surface area contributed by atoms with Crippen LogP contribution in [0.4, 0.5) is 4.79 Å². The molecule has 1 aromatic rings. The highest BCUT2D eigenvalue weighted by Gasteiger charge is 2.13. The lowest BCUT2D eigenvalue weighted by Gasteiger charge is -2.30. The minimum absolute atomic E-state index is 0.0167. The van der Waals surface area contributed by atoms with Gasteiger partial charge in [-0.1, -0.05) is 24.3 Å². The number of urea groups is 1. The Morgan fingerprint density at radius 1 is 1.09 bits per heavy atom. The van der Waals surface area contributed by atoms with Crippen molar-refractivity contribution in [3.05, 3.63) is 35.4 Å². The molecule has 0 aliphatic rings. The van der Waals surface area contributed by atoms with Crippen molar-refractivity contribution in [1.82, 2.24) is 15.5 Å². The van der Waals surface area contributed by atoms with Crippen molar-refractivity contribution in [2.75, 3.05) is 13.1 Å². The third kappa shape index (κ3) is 6.03. The molecule has 0 spiro atoms. The minimum Gasteiger partial charge on any atom is -0.392 e. The second-order valence-corrected chi connectivity index (χ2v) is 5.96. The Morgan fingerprint density at radius 2 is 1.68 bits per heavy atom. The van der Waals surface area contributed by atoms with Gasteiger partial charge in [0.1, 0.15) is 0 Å². The first-order valence-corrected chi connectivity index (χ1v) is 7.90. The molecule has 0 unspecified atom stereocenters. The summed E-state index contributed by atoms with van der Waals surface area (Å²) < 4.78 is 0. The first kappa shape index (κ1) is 18.5. The van der Waals surface area contributed by atoms with Crippen molar-refractivity contribution in [1.29, 1.82) is 0 Å². The molecule has 0 aliphatic heterocycles. The van der Waals surface area contributed by atoms with E-state index in [2.05, 4.69) is 43.2 Å². The van der Waals surface area contributed by atoms with Gasteiger partial charge >= 0.3 is 6.03 Å². The van der Waals surface area contributed by atoms with Crippen LogP contribution in [0.25, 0.3) is 0 Å². The average molecular weight is 307 g/mol. The van der Waals surface area contributed by atoms with E-state index in [1.807, 2.05) is 24.3 Å². The molecule has 5 nitrogen and oxygen atoms in total. The molecule has 0 saturated carbocycles. The maximum atomic E-state index is 11.8. The predicted molar refractivity (Wildman–Crippen MR) is 89.6 cm³/mol. The van der Waals surface area contributed by atoms with Gasteiger partial charge in [-0.2, -0.15) is 0 Å². The summed E-state index contributed by atoms with van der Waals surface area (Å²) in [5, 5.41) is 15.0. The van der Waals surface area contributed by atoms with Crippen molar-refractivity contribution in [3.8, 4) is 0 Å². The minimum atomic E-state index is -0.180. The van der Waals surface area contributed by atoms with E-state index in [0.717, 1.165) is 17.7 Å². The molecular formula is C17H29N3O2. The molecule has 2 amide bonds. The van der Waals surface area contributed by atoms with Crippen molar-refractivity contribution in [2.45, 2.75) is 52.9 Å². The van der Waals surface area contributed by atoms with Crippen molar-refractivity contribution in [2.24, 2.45) is 0 Å². The van der Waals surface area contributed by atoms with E-state index < -0.39 is 0 Å². The van der Waals surface area contributed by atoms with Gasteiger partial charge in [-0.05, 0) is 38.8 Å². The standard InChI is InChI=1S/C17H29N3O2/c1-13(2)20(14(3)4)10-9-18-17(22)19-11-15-7-5-6-8-16(15)12-21/h5-8,13-14,21H,9-12H2,1-4H3,(H2,18,19,22). The quantitative estimate of drug-likeness (QED) is 0.689. The van der Waals surface area contributed by atoms with E-state index in [0.29, 0.717) is 25.2 Å². The van der Waals surface area contributed by atoms with Crippen LogP contribution >= 0.6 is 0 Å².